The summed E-state index contributed by atoms with van der Waals surface area (Å²) in [5.74, 6) is -1.19. The first-order valence-electron chi connectivity index (χ1n) is 12.0. The minimum atomic E-state index is -4.58. The van der Waals surface area contributed by atoms with Gasteiger partial charge in [-0.25, -0.2) is 0 Å². The standard InChI is InChI=1S/C25H36F3NO3/c1-2-3-4-5-6-7-8-9-12-19-32-24(31)20-15-17-29(18-16-20)23(30)21-13-10-11-14-22(21)25(26,27)28/h10-11,13-14,20H,2-9,12,15-19H2,1H3. The number of carbonyl (C=O) groups excluding carboxylic acids is 2. The Bertz CT molecular complexity index is 713. The lowest BCUT2D eigenvalue weighted by Gasteiger charge is -2.31. The predicted octanol–water partition coefficient (Wildman–Crippen LogP) is 6.63. The summed E-state index contributed by atoms with van der Waals surface area (Å²) >= 11 is 0. The average molecular weight is 456 g/mol. The fourth-order valence-corrected chi connectivity index (χ4v) is 4.11. The van der Waals surface area contributed by atoms with E-state index in [1.165, 1.54) is 61.6 Å². The van der Waals surface area contributed by atoms with Crippen LogP contribution >= 0.6 is 0 Å². The molecule has 0 aromatic heterocycles. The molecule has 0 unspecified atom stereocenters. The number of unbranched alkanes of at least 4 members (excludes halogenated alkanes) is 8. The number of alkyl halides is 3. The second kappa shape index (κ2) is 13.5. The first-order chi connectivity index (χ1) is 15.3. The molecule has 4 nitrogen and oxygen atoms in total. The summed E-state index contributed by atoms with van der Waals surface area (Å²) in [5, 5.41) is 0. The van der Waals surface area contributed by atoms with Gasteiger partial charge in [-0.1, -0.05) is 70.4 Å². The van der Waals surface area contributed by atoms with E-state index < -0.39 is 17.6 Å². The molecule has 0 aliphatic carbocycles. The molecule has 1 aromatic rings. The van der Waals surface area contributed by atoms with Gasteiger partial charge in [0.1, 0.15) is 0 Å². The smallest absolute Gasteiger partial charge is 0.417 e. The highest BCUT2D eigenvalue weighted by Crippen LogP contribution is 2.33. The Kier molecular flexibility index (Phi) is 11.0. The summed E-state index contributed by atoms with van der Waals surface area (Å²) in [6.45, 7) is 3.13. The number of hydrogen-bond acceptors (Lipinski definition) is 3. The van der Waals surface area contributed by atoms with E-state index in [2.05, 4.69) is 6.92 Å². The van der Waals surface area contributed by atoms with Gasteiger partial charge in [0.15, 0.2) is 0 Å². The summed E-state index contributed by atoms with van der Waals surface area (Å²) in [7, 11) is 0. The number of hydrogen-bond donors (Lipinski definition) is 0. The third-order valence-corrected chi connectivity index (χ3v) is 6.07. The Balaban J connectivity index is 1.65. The topological polar surface area (TPSA) is 46.6 Å². The van der Waals surface area contributed by atoms with Crippen LogP contribution in [0.4, 0.5) is 13.2 Å². The summed E-state index contributed by atoms with van der Waals surface area (Å²) in [6.07, 6.45) is 6.97. The lowest BCUT2D eigenvalue weighted by Crippen LogP contribution is -2.41. The third kappa shape index (κ3) is 8.47. The van der Waals surface area contributed by atoms with Gasteiger partial charge in [-0.2, -0.15) is 13.2 Å². The zero-order chi connectivity index (χ0) is 23.4. The number of esters is 1. The Morgan fingerprint density at radius 1 is 0.938 bits per heavy atom. The molecule has 0 spiro atoms. The van der Waals surface area contributed by atoms with Crippen LogP contribution in [0.3, 0.4) is 0 Å². The van der Waals surface area contributed by atoms with Crippen molar-refractivity contribution in [2.45, 2.75) is 83.7 Å². The Hall–Kier alpha value is -2.05. The number of rotatable bonds is 12. The van der Waals surface area contributed by atoms with E-state index in [4.69, 9.17) is 4.74 Å². The Morgan fingerprint density at radius 2 is 1.50 bits per heavy atom. The lowest BCUT2D eigenvalue weighted by molar-refractivity contribution is -0.150. The normalized spacial score (nSPS) is 15.1. The van der Waals surface area contributed by atoms with Gasteiger partial charge in [0.25, 0.3) is 5.91 Å². The van der Waals surface area contributed by atoms with Gasteiger partial charge >= 0.3 is 12.1 Å². The summed E-state index contributed by atoms with van der Waals surface area (Å²) in [5.41, 5.74) is -1.26. The summed E-state index contributed by atoms with van der Waals surface area (Å²) in [4.78, 5) is 26.3. The molecule has 2 rings (SSSR count). The molecule has 1 heterocycles. The van der Waals surface area contributed by atoms with E-state index in [0.29, 0.717) is 19.4 Å². The predicted molar refractivity (Wildman–Crippen MR) is 118 cm³/mol. The summed E-state index contributed by atoms with van der Waals surface area (Å²) < 4.78 is 45.0. The van der Waals surface area contributed by atoms with Crippen LogP contribution in [-0.4, -0.2) is 36.5 Å². The molecule has 1 amide bonds. The number of likely N-dealkylation sites (tertiary alicyclic amines) is 1. The fourth-order valence-electron chi connectivity index (χ4n) is 4.11. The molecule has 32 heavy (non-hydrogen) atoms. The van der Waals surface area contributed by atoms with Crippen molar-refractivity contribution in [1.82, 2.24) is 4.90 Å². The SMILES string of the molecule is CCCCCCCCCCCOC(=O)C1CCN(C(=O)c2ccccc2C(F)(F)F)CC1. The van der Waals surface area contributed by atoms with Gasteiger partial charge in [-0.05, 0) is 31.4 Å². The first kappa shape index (κ1) is 26.2. The lowest BCUT2D eigenvalue weighted by atomic mass is 9.96. The van der Waals surface area contributed by atoms with E-state index in [9.17, 15) is 22.8 Å². The Morgan fingerprint density at radius 3 is 2.09 bits per heavy atom. The van der Waals surface area contributed by atoms with Crippen LogP contribution in [0.2, 0.25) is 0 Å². The summed E-state index contributed by atoms with van der Waals surface area (Å²) in [6, 6.07) is 4.83. The molecule has 1 aliphatic rings. The molecule has 0 N–H and O–H groups in total. The molecule has 0 radical (unpaired) electrons. The molecule has 0 saturated carbocycles. The first-order valence-corrected chi connectivity index (χ1v) is 12.0. The number of ether oxygens (including phenoxy) is 1. The molecule has 1 saturated heterocycles. The number of halogens is 3. The quantitative estimate of drug-likeness (QED) is 0.262. The van der Waals surface area contributed by atoms with Crippen LogP contribution in [0.1, 0.15) is 93.5 Å². The van der Waals surface area contributed by atoms with Gasteiger partial charge < -0.3 is 9.64 Å². The minimum absolute atomic E-state index is 0.253. The van der Waals surface area contributed by atoms with E-state index in [1.54, 1.807) is 0 Å². The highest BCUT2D eigenvalue weighted by atomic mass is 19.4. The zero-order valence-corrected chi connectivity index (χ0v) is 19.1. The van der Waals surface area contributed by atoms with Gasteiger partial charge in [-0.15, -0.1) is 0 Å². The van der Waals surface area contributed by atoms with Gasteiger partial charge in [0.05, 0.1) is 23.7 Å². The van der Waals surface area contributed by atoms with Crippen LogP contribution in [-0.2, 0) is 15.7 Å². The maximum atomic E-state index is 13.2. The van der Waals surface area contributed by atoms with E-state index in [0.717, 1.165) is 25.3 Å². The van der Waals surface area contributed by atoms with Crippen molar-refractivity contribution in [1.29, 1.82) is 0 Å². The fraction of sp³-hybridized carbons (Fsp3) is 0.680. The Labute approximate surface area is 189 Å². The number of amides is 1. The van der Waals surface area contributed by atoms with Crippen molar-refractivity contribution in [2.24, 2.45) is 5.92 Å². The highest BCUT2D eigenvalue weighted by molar-refractivity contribution is 5.96. The van der Waals surface area contributed by atoms with E-state index in [1.807, 2.05) is 0 Å². The molecular formula is C25H36F3NO3. The van der Waals surface area contributed by atoms with Crippen molar-refractivity contribution in [3.05, 3.63) is 35.4 Å². The van der Waals surface area contributed by atoms with Crippen LogP contribution in [0.15, 0.2) is 24.3 Å². The highest BCUT2D eigenvalue weighted by Gasteiger charge is 2.37. The largest absolute Gasteiger partial charge is 0.465 e. The van der Waals surface area contributed by atoms with Crippen molar-refractivity contribution in [3.63, 3.8) is 0 Å². The maximum Gasteiger partial charge on any atom is 0.417 e. The van der Waals surface area contributed by atoms with Crippen LogP contribution in [0, 0.1) is 5.92 Å². The second-order valence-electron chi connectivity index (χ2n) is 8.61. The van der Waals surface area contributed by atoms with Crippen LogP contribution in [0.5, 0.6) is 0 Å². The monoisotopic (exact) mass is 455 g/mol. The van der Waals surface area contributed by atoms with Crippen molar-refractivity contribution < 1.29 is 27.5 Å². The van der Waals surface area contributed by atoms with Crippen LogP contribution in [0.25, 0.3) is 0 Å². The number of benzene rings is 1. The molecule has 1 aromatic carbocycles. The van der Waals surface area contributed by atoms with Gasteiger partial charge in [0.2, 0.25) is 0 Å². The van der Waals surface area contributed by atoms with Gasteiger partial charge in [-0.3, -0.25) is 9.59 Å². The van der Waals surface area contributed by atoms with E-state index in [-0.39, 0.29) is 30.5 Å². The maximum absolute atomic E-state index is 13.2. The third-order valence-electron chi connectivity index (χ3n) is 6.07. The molecule has 0 atom stereocenters. The molecular weight excluding hydrogens is 419 g/mol. The number of carbonyl (C=O) groups is 2. The average Bonchev–Trinajstić information content (AvgIpc) is 2.79. The minimum Gasteiger partial charge on any atom is -0.465 e. The molecule has 180 valence electrons. The molecule has 7 heteroatoms. The van der Waals surface area contributed by atoms with Crippen LogP contribution < -0.4 is 0 Å². The van der Waals surface area contributed by atoms with Gasteiger partial charge in [0, 0.05) is 13.1 Å². The number of nitrogens with zero attached hydrogens (tertiary/aromatic N) is 1. The van der Waals surface area contributed by atoms with Crippen molar-refractivity contribution in [3.8, 4) is 0 Å². The van der Waals surface area contributed by atoms with Crippen molar-refractivity contribution in [2.75, 3.05) is 19.7 Å². The molecule has 0 bridgehead atoms. The second-order valence-corrected chi connectivity index (χ2v) is 8.61. The van der Waals surface area contributed by atoms with Crippen molar-refractivity contribution >= 4 is 11.9 Å². The molecule has 1 aliphatic heterocycles. The molecule has 1 fully saturated rings. The zero-order valence-electron chi connectivity index (χ0n) is 19.1. The van der Waals surface area contributed by atoms with E-state index >= 15 is 0 Å². The number of piperidine rings is 1.